The van der Waals surface area contributed by atoms with Crippen LogP contribution in [0.25, 0.3) is 16.6 Å². The third kappa shape index (κ3) is 4.13. The van der Waals surface area contributed by atoms with Gasteiger partial charge in [0.2, 0.25) is 5.95 Å². The molecule has 2 aromatic carbocycles. The maximum absolute atomic E-state index is 14.1. The Kier molecular flexibility index (Phi) is 5.35. The van der Waals surface area contributed by atoms with Gasteiger partial charge in [-0.15, -0.1) is 0 Å². The van der Waals surface area contributed by atoms with E-state index in [2.05, 4.69) is 20.4 Å². The molecule has 10 nitrogen and oxygen atoms in total. The van der Waals surface area contributed by atoms with E-state index in [-0.39, 0.29) is 28.0 Å². The fourth-order valence-electron chi connectivity index (χ4n) is 3.46. The molecule has 12 heteroatoms. The van der Waals surface area contributed by atoms with Crippen LogP contribution in [-0.4, -0.2) is 34.4 Å². The summed E-state index contributed by atoms with van der Waals surface area (Å²) < 4.78 is 39.6. The number of aromatic nitrogens is 4. The van der Waals surface area contributed by atoms with Crippen molar-refractivity contribution in [1.29, 1.82) is 5.26 Å². The lowest BCUT2D eigenvalue weighted by Gasteiger charge is -2.15. The van der Waals surface area contributed by atoms with Crippen LogP contribution in [0.4, 0.5) is 22.0 Å². The highest BCUT2D eigenvalue weighted by Gasteiger charge is 2.21. The summed E-state index contributed by atoms with van der Waals surface area (Å²) >= 11 is 0. The highest BCUT2D eigenvalue weighted by atomic mass is 32.2. The average Bonchev–Trinajstić information content (AvgIpc) is 3.12. The molecule has 33 heavy (non-hydrogen) atoms. The molecule has 0 aliphatic carbocycles. The lowest BCUT2D eigenvalue weighted by molar-refractivity contribution is 0.601. The molecule has 4 aromatic rings. The van der Waals surface area contributed by atoms with E-state index in [9.17, 15) is 18.1 Å². The van der Waals surface area contributed by atoms with Crippen LogP contribution in [0.5, 0.6) is 0 Å². The molecule has 0 bridgehead atoms. The van der Waals surface area contributed by atoms with Gasteiger partial charge in [0.25, 0.3) is 0 Å². The van der Waals surface area contributed by atoms with Gasteiger partial charge in [-0.05, 0) is 37.3 Å². The normalized spacial score (nSPS) is 12.4. The number of nitriles is 1. The summed E-state index contributed by atoms with van der Waals surface area (Å²) in [5.74, 6) is -0.497. The number of nitrogens with one attached hydrogen (secondary N) is 1. The monoisotopic (exact) mass is 466 g/mol. The summed E-state index contributed by atoms with van der Waals surface area (Å²) in [7, 11) is -3.46. The van der Waals surface area contributed by atoms with Crippen molar-refractivity contribution >= 4 is 38.3 Å². The maximum atomic E-state index is 14.1. The SMILES string of the molecule is C[C@H](Nc1nc(N)nc(N)c1C#N)c1nn(-c2cccc(S(C)(=O)=O)c2)c2cc(F)ccc12. The Bertz CT molecular complexity index is 1540. The number of nitrogens with zero attached hydrogens (tertiary/aromatic N) is 5. The summed E-state index contributed by atoms with van der Waals surface area (Å²) in [6.07, 6.45) is 1.11. The van der Waals surface area contributed by atoms with E-state index in [0.29, 0.717) is 22.3 Å². The van der Waals surface area contributed by atoms with Crippen molar-refractivity contribution in [3.05, 3.63) is 59.5 Å². The topological polar surface area (TPSA) is 166 Å². The van der Waals surface area contributed by atoms with Crippen LogP contribution in [-0.2, 0) is 9.84 Å². The molecule has 168 valence electrons. The number of benzene rings is 2. The van der Waals surface area contributed by atoms with Gasteiger partial charge in [-0.25, -0.2) is 17.5 Å². The molecule has 0 aliphatic heterocycles. The molecular formula is C21H19FN8O2S. The number of sulfone groups is 1. The van der Waals surface area contributed by atoms with Gasteiger partial charge in [-0.2, -0.15) is 20.3 Å². The van der Waals surface area contributed by atoms with Crippen molar-refractivity contribution in [1.82, 2.24) is 19.7 Å². The fraction of sp³-hybridized carbons (Fsp3) is 0.143. The molecule has 0 radical (unpaired) electrons. The second kappa shape index (κ2) is 8.03. The number of hydrogen-bond donors (Lipinski definition) is 3. The number of hydrogen-bond acceptors (Lipinski definition) is 9. The molecule has 0 aliphatic rings. The van der Waals surface area contributed by atoms with E-state index in [1.165, 1.54) is 28.9 Å². The first-order chi connectivity index (χ1) is 15.6. The van der Waals surface area contributed by atoms with Crippen LogP contribution in [0.1, 0.15) is 24.2 Å². The number of fused-ring (bicyclic) bond motifs is 1. The predicted octanol–water partition coefficient (Wildman–Crippen LogP) is 2.57. The first kappa shape index (κ1) is 22.0. The van der Waals surface area contributed by atoms with E-state index >= 15 is 0 Å². The van der Waals surface area contributed by atoms with Gasteiger partial charge in [-0.1, -0.05) is 6.07 Å². The molecule has 0 spiro atoms. The fourth-order valence-corrected chi connectivity index (χ4v) is 4.12. The minimum Gasteiger partial charge on any atom is -0.382 e. The lowest BCUT2D eigenvalue weighted by atomic mass is 10.1. The van der Waals surface area contributed by atoms with Gasteiger partial charge < -0.3 is 16.8 Å². The molecule has 0 unspecified atom stereocenters. The van der Waals surface area contributed by atoms with Gasteiger partial charge in [0.15, 0.2) is 15.7 Å². The average molecular weight is 467 g/mol. The summed E-state index contributed by atoms with van der Waals surface area (Å²) in [5.41, 5.74) is 12.9. The predicted molar refractivity (Wildman–Crippen MR) is 122 cm³/mol. The van der Waals surface area contributed by atoms with Crippen LogP contribution in [0.3, 0.4) is 0 Å². The smallest absolute Gasteiger partial charge is 0.224 e. The highest BCUT2D eigenvalue weighted by molar-refractivity contribution is 7.90. The summed E-state index contributed by atoms with van der Waals surface area (Å²) in [4.78, 5) is 7.96. The van der Waals surface area contributed by atoms with E-state index in [1.807, 2.05) is 6.07 Å². The zero-order valence-corrected chi connectivity index (χ0v) is 18.4. The number of halogens is 1. The number of anilines is 3. The molecule has 0 fully saturated rings. The van der Waals surface area contributed by atoms with Crippen molar-refractivity contribution < 1.29 is 12.8 Å². The van der Waals surface area contributed by atoms with E-state index in [1.54, 1.807) is 25.1 Å². The molecule has 4 rings (SSSR count). The number of nitrogen functional groups attached to an aromatic ring is 2. The van der Waals surface area contributed by atoms with Crippen LogP contribution in [0, 0.1) is 17.1 Å². The second-order valence-corrected chi connectivity index (χ2v) is 9.41. The number of rotatable bonds is 5. The minimum absolute atomic E-state index is 0.0340. The Hall–Kier alpha value is -4.24. The summed E-state index contributed by atoms with van der Waals surface area (Å²) in [6, 6.07) is 11.8. The van der Waals surface area contributed by atoms with Gasteiger partial charge >= 0.3 is 0 Å². The molecule has 1 atom stereocenters. The van der Waals surface area contributed by atoms with Gasteiger partial charge in [0.1, 0.15) is 23.3 Å². The van der Waals surface area contributed by atoms with E-state index in [0.717, 1.165) is 6.26 Å². The molecule has 0 saturated carbocycles. The zero-order chi connectivity index (χ0) is 23.9. The molecule has 5 N–H and O–H groups in total. The van der Waals surface area contributed by atoms with Gasteiger partial charge in [0, 0.05) is 17.7 Å². The Morgan fingerprint density at radius 3 is 2.64 bits per heavy atom. The van der Waals surface area contributed by atoms with E-state index < -0.39 is 21.7 Å². The van der Waals surface area contributed by atoms with Crippen molar-refractivity contribution in [3.8, 4) is 11.8 Å². The van der Waals surface area contributed by atoms with Gasteiger partial charge in [0.05, 0.1) is 27.8 Å². The van der Waals surface area contributed by atoms with Crippen molar-refractivity contribution in [2.75, 3.05) is 23.0 Å². The van der Waals surface area contributed by atoms with Crippen LogP contribution >= 0.6 is 0 Å². The maximum Gasteiger partial charge on any atom is 0.224 e. The summed E-state index contributed by atoms with van der Waals surface area (Å²) in [6.45, 7) is 1.78. The first-order valence-corrected chi connectivity index (χ1v) is 11.6. The molecule has 2 heterocycles. The van der Waals surface area contributed by atoms with Crippen molar-refractivity contribution in [3.63, 3.8) is 0 Å². The van der Waals surface area contributed by atoms with Crippen LogP contribution in [0.15, 0.2) is 47.4 Å². The van der Waals surface area contributed by atoms with Crippen molar-refractivity contribution in [2.45, 2.75) is 17.9 Å². The van der Waals surface area contributed by atoms with Crippen molar-refractivity contribution in [2.24, 2.45) is 0 Å². The Balaban J connectivity index is 1.85. The molecule has 2 aromatic heterocycles. The first-order valence-electron chi connectivity index (χ1n) is 9.66. The quantitative estimate of drug-likeness (QED) is 0.400. The Labute approximate surface area is 188 Å². The largest absolute Gasteiger partial charge is 0.382 e. The number of nitrogens with two attached hydrogens (primary N) is 2. The zero-order valence-electron chi connectivity index (χ0n) is 17.6. The molecular weight excluding hydrogens is 447 g/mol. The third-order valence-corrected chi connectivity index (χ3v) is 6.10. The lowest BCUT2D eigenvalue weighted by Crippen LogP contribution is -2.14. The summed E-state index contributed by atoms with van der Waals surface area (Å²) in [5, 5.41) is 17.7. The van der Waals surface area contributed by atoms with Gasteiger partial charge in [-0.3, -0.25) is 0 Å². The van der Waals surface area contributed by atoms with E-state index in [4.69, 9.17) is 11.5 Å². The standard InChI is InChI=1S/C21H19FN8O2S/c1-11(26-20-16(10-23)19(24)27-21(25)28-20)18-15-7-6-12(22)8-17(15)30(29-18)13-4-3-5-14(9-13)33(2,31)32/h3-9,11H,1-2H3,(H5,24,25,26,27,28)/t11-/m0/s1. The Morgan fingerprint density at radius 1 is 1.18 bits per heavy atom. The minimum atomic E-state index is -3.46. The second-order valence-electron chi connectivity index (χ2n) is 7.40. The highest BCUT2D eigenvalue weighted by Crippen LogP contribution is 2.30. The van der Waals surface area contributed by atoms with Crippen LogP contribution in [0.2, 0.25) is 0 Å². The Morgan fingerprint density at radius 2 is 1.94 bits per heavy atom. The third-order valence-electron chi connectivity index (χ3n) is 4.99. The van der Waals surface area contributed by atoms with Crippen LogP contribution < -0.4 is 16.8 Å². The molecule has 0 saturated heterocycles. The molecule has 0 amide bonds.